The van der Waals surface area contributed by atoms with Crippen LogP contribution in [0.1, 0.15) is 41.6 Å². The van der Waals surface area contributed by atoms with Crippen molar-refractivity contribution in [1.82, 2.24) is 29.9 Å². The Morgan fingerprint density at radius 3 is 2.82 bits per heavy atom. The Hall–Kier alpha value is -3.49. The second-order valence-corrected chi connectivity index (χ2v) is 6.83. The lowest BCUT2D eigenvalue weighted by molar-refractivity contribution is -0.118. The predicted molar refractivity (Wildman–Crippen MR) is 101 cm³/mol. The van der Waals surface area contributed by atoms with Crippen LogP contribution in [0.15, 0.2) is 42.7 Å². The highest BCUT2D eigenvalue weighted by Gasteiger charge is 2.32. The minimum absolute atomic E-state index is 0.109. The van der Waals surface area contributed by atoms with Crippen molar-refractivity contribution in [1.29, 1.82) is 0 Å². The first-order valence-electron chi connectivity index (χ1n) is 9.21. The number of rotatable bonds is 5. The first kappa shape index (κ1) is 17.9. The number of benzene rings is 1. The van der Waals surface area contributed by atoms with Gasteiger partial charge in [0.25, 0.3) is 5.91 Å². The quantitative estimate of drug-likeness (QED) is 0.696. The molecule has 1 aliphatic heterocycles. The molecule has 9 heteroatoms. The van der Waals surface area contributed by atoms with E-state index in [9.17, 15) is 9.59 Å². The molecule has 0 bridgehead atoms. The summed E-state index contributed by atoms with van der Waals surface area (Å²) in [4.78, 5) is 33.7. The van der Waals surface area contributed by atoms with E-state index in [0.29, 0.717) is 6.54 Å². The topological polar surface area (TPSA) is 123 Å². The number of hydrogen-bond acceptors (Lipinski definition) is 5. The molecule has 1 fully saturated rings. The average molecular weight is 379 g/mol. The van der Waals surface area contributed by atoms with Crippen LogP contribution in [0.3, 0.4) is 0 Å². The highest BCUT2D eigenvalue weighted by molar-refractivity contribution is 5.92. The molecule has 0 saturated carbocycles. The second kappa shape index (κ2) is 7.63. The number of aromatic nitrogens is 5. The van der Waals surface area contributed by atoms with Crippen LogP contribution in [0.4, 0.5) is 0 Å². The van der Waals surface area contributed by atoms with Crippen LogP contribution in [0.2, 0.25) is 0 Å². The standard InChI is InChI=1S/C19H21N7O2/c20-17(27)12-25-11-15(23-24-25)19(28)26-9-5-4-8-16(26)18-21-10-14(22-18)13-6-2-1-3-7-13/h1-3,6-7,10-11,16H,4-5,8-9,12H2,(H2,20,27)(H,21,22). The zero-order valence-electron chi connectivity index (χ0n) is 15.3. The first-order chi connectivity index (χ1) is 13.6. The normalized spacial score (nSPS) is 16.9. The number of piperidine rings is 1. The number of carbonyl (C=O) groups excluding carboxylic acids is 2. The van der Waals surface area contributed by atoms with Crippen molar-refractivity contribution in [2.24, 2.45) is 5.73 Å². The van der Waals surface area contributed by atoms with Gasteiger partial charge in [-0.05, 0) is 24.8 Å². The van der Waals surface area contributed by atoms with Crippen molar-refractivity contribution in [3.05, 3.63) is 54.2 Å². The maximum Gasteiger partial charge on any atom is 0.276 e. The maximum atomic E-state index is 13.0. The Labute approximate surface area is 161 Å². The van der Waals surface area contributed by atoms with Crippen LogP contribution in [-0.4, -0.2) is 48.2 Å². The number of aromatic amines is 1. The van der Waals surface area contributed by atoms with Gasteiger partial charge in [-0.15, -0.1) is 5.10 Å². The number of nitrogens with two attached hydrogens (primary N) is 1. The second-order valence-electron chi connectivity index (χ2n) is 6.83. The zero-order chi connectivity index (χ0) is 19.5. The molecule has 1 aromatic carbocycles. The Balaban J connectivity index is 1.56. The smallest absolute Gasteiger partial charge is 0.276 e. The highest BCUT2D eigenvalue weighted by atomic mass is 16.2. The molecule has 28 heavy (non-hydrogen) atoms. The van der Waals surface area contributed by atoms with E-state index in [1.54, 1.807) is 11.1 Å². The summed E-state index contributed by atoms with van der Waals surface area (Å²) in [5.41, 5.74) is 7.33. The molecule has 1 aliphatic rings. The number of amides is 2. The van der Waals surface area contributed by atoms with Crippen LogP contribution >= 0.6 is 0 Å². The lowest BCUT2D eigenvalue weighted by Gasteiger charge is -2.34. The molecule has 3 aromatic rings. The number of H-pyrrole nitrogens is 1. The SMILES string of the molecule is NC(=O)Cn1cc(C(=O)N2CCCCC2c2ncc(-c3ccccc3)[nH]2)nn1. The lowest BCUT2D eigenvalue weighted by Crippen LogP contribution is -2.39. The summed E-state index contributed by atoms with van der Waals surface area (Å²) in [6.07, 6.45) is 6.01. The molecule has 144 valence electrons. The van der Waals surface area contributed by atoms with Gasteiger partial charge in [-0.3, -0.25) is 9.59 Å². The van der Waals surface area contributed by atoms with Gasteiger partial charge in [0.05, 0.1) is 24.1 Å². The summed E-state index contributed by atoms with van der Waals surface area (Å²) in [6.45, 7) is 0.510. The third-order valence-electron chi connectivity index (χ3n) is 4.84. The predicted octanol–water partition coefficient (Wildman–Crippen LogP) is 1.52. The highest BCUT2D eigenvalue weighted by Crippen LogP contribution is 2.31. The fraction of sp³-hybridized carbons (Fsp3) is 0.316. The van der Waals surface area contributed by atoms with E-state index in [2.05, 4.69) is 20.3 Å². The molecule has 0 radical (unpaired) electrons. The first-order valence-corrected chi connectivity index (χ1v) is 9.21. The minimum atomic E-state index is -0.538. The van der Waals surface area contributed by atoms with E-state index in [1.807, 2.05) is 30.3 Å². The van der Waals surface area contributed by atoms with E-state index in [-0.39, 0.29) is 24.2 Å². The van der Waals surface area contributed by atoms with Crippen molar-refractivity contribution >= 4 is 11.8 Å². The van der Waals surface area contributed by atoms with E-state index in [1.165, 1.54) is 10.9 Å². The van der Waals surface area contributed by atoms with Gasteiger partial charge in [0, 0.05) is 6.54 Å². The summed E-state index contributed by atoms with van der Waals surface area (Å²) >= 11 is 0. The van der Waals surface area contributed by atoms with Crippen molar-refractivity contribution in [2.45, 2.75) is 31.8 Å². The van der Waals surface area contributed by atoms with E-state index in [0.717, 1.165) is 36.3 Å². The Morgan fingerprint density at radius 2 is 2.04 bits per heavy atom. The molecule has 0 aliphatic carbocycles. The summed E-state index contributed by atoms with van der Waals surface area (Å²) in [5.74, 6) is -0.00159. The third kappa shape index (κ3) is 3.64. The number of likely N-dealkylation sites (tertiary alicyclic amines) is 1. The number of hydrogen-bond donors (Lipinski definition) is 2. The van der Waals surface area contributed by atoms with Crippen molar-refractivity contribution in [2.75, 3.05) is 6.54 Å². The number of nitrogens with one attached hydrogen (secondary N) is 1. The van der Waals surface area contributed by atoms with Crippen molar-refractivity contribution in [3.8, 4) is 11.3 Å². The molecule has 1 unspecified atom stereocenters. The maximum absolute atomic E-state index is 13.0. The average Bonchev–Trinajstić information content (AvgIpc) is 3.37. The van der Waals surface area contributed by atoms with E-state index >= 15 is 0 Å². The zero-order valence-corrected chi connectivity index (χ0v) is 15.3. The van der Waals surface area contributed by atoms with Gasteiger partial charge < -0.3 is 15.6 Å². The molecule has 4 rings (SSSR count). The molecule has 1 atom stereocenters. The van der Waals surface area contributed by atoms with Crippen LogP contribution in [0.25, 0.3) is 11.3 Å². The van der Waals surface area contributed by atoms with E-state index < -0.39 is 5.91 Å². The largest absolute Gasteiger partial charge is 0.368 e. The Kier molecular flexibility index (Phi) is 4.88. The van der Waals surface area contributed by atoms with Gasteiger partial charge in [-0.2, -0.15) is 0 Å². The molecular formula is C19H21N7O2. The van der Waals surface area contributed by atoms with Crippen LogP contribution < -0.4 is 5.73 Å². The van der Waals surface area contributed by atoms with Gasteiger partial charge >= 0.3 is 0 Å². The van der Waals surface area contributed by atoms with Crippen LogP contribution in [0, 0.1) is 0 Å². The fourth-order valence-corrected chi connectivity index (χ4v) is 3.51. The molecule has 9 nitrogen and oxygen atoms in total. The van der Waals surface area contributed by atoms with Gasteiger partial charge in [-0.25, -0.2) is 9.67 Å². The van der Waals surface area contributed by atoms with E-state index in [4.69, 9.17) is 5.73 Å². The number of nitrogens with zero attached hydrogens (tertiary/aromatic N) is 5. The molecule has 0 spiro atoms. The van der Waals surface area contributed by atoms with Gasteiger partial charge in [-0.1, -0.05) is 35.5 Å². The number of imidazole rings is 1. The number of primary amides is 1. The summed E-state index contributed by atoms with van der Waals surface area (Å²) in [5, 5.41) is 7.72. The molecule has 2 aromatic heterocycles. The van der Waals surface area contributed by atoms with Crippen molar-refractivity contribution < 1.29 is 9.59 Å². The van der Waals surface area contributed by atoms with Crippen LogP contribution in [-0.2, 0) is 11.3 Å². The van der Waals surface area contributed by atoms with Gasteiger partial charge in [0.15, 0.2) is 5.69 Å². The summed E-state index contributed by atoms with van der Waals surface area (Å²) in [7, 11) is 0. The third-order valence-corrected chi connectivity index (χ3v) is 4.84. The minimum Gasteiger partial charge on any atom is -0.368 e. The lowest BCUT2D eigenvalue weighted by atomic mass is 10.0. The van der Waals surface area contributed by atoms with Crippen LogP contribution in [0.5, 0.6) is 0 Å². The van der Waals surface area contributed by atoms with Gasteiger partial charge in [0.1, 0.15) is 12.4 Å². The summed E-state index contributed by atoms with van der Waals surface area (Å²) < 4.78 is 1.27. The monoisotopic (exact) mass is 379 g/mol. The summed E-state index contributed by atoms with van der Waals surface area (Å²) in [6, 6.07) is 9.79. The number of carbonyl (C=O) groups is 2. The Morgan fingerprint density at radius 1 is 1.21 bits per heavy atom. The molecule has 3 heterocycles. The molecule has 3 N–H and O–H groups in total. The molecular weight excluding hydrogens is 358 g/mol. The molecule has 1 saturated heterocycles. The fourth-order valence-electron chi connectivity index (χ4n) is 3.51. The Bertz CT molecular complexity index is 979. The van der Waals surface area contributed by atoms with Gasteiger partial charge in [0.2, 0.25) is 5.91 Å². The van der Waals surface area contributed by atoms with Crippen molar-refractivity contribution in [3.63, 3.8) is 0 Å². The molecule has 2 amide bonds.